The van der Waals surface area contributed by atoms with E-state index in [1.165, 1.54) is 12.1 Å². The number of pyridine rings is 1. The van der Waals surface area contributed by atoms with Gasteiger partial charge < -0.3 is 4.57 Å². The average molecular weight is 243 g/mol. The lowest BCUT2D eigenvalue weighted by Crippen LogP contribution is -2.24. The summed E-state index contributed by atoms with van der Waals surface area (Å²) in [6.45, 7) is 0. The second-order valence-electron chi connectivity index (χ2n) is 4.09. The summed E-state index contributed by atoms with van der Waals surface area (Å²) in [6, 6.07) is 6.21. The molecule has 1 aliphatic carbocycles. The van der Waals surface area contributed by atoms with Gasteiger partial charge in [-0.15, -0.1) is 0 Å². The van der Waals surface area contributed by atoms with E-state index in [9.17, 15) is 14.4 Å². The molecule has 2 aliphatic rings. The maximum Gasteiger partial charge on any atom is 0.327 e. The van der Waals surface area contributed by atoms with E-state index in [4.69, 9.17) is 0 Å². The largest absolute Gasteiger partial charge is 0.330 e. The van der Waals surface area contributed by atoms with Crippen molar-refractivity contribution in [2.24, 2.45) is 7.05 Å². The van der Waals surface area contributed by atoms with Crippen LogP contribution in [0.1, 0.15) is 0 Å². The maximum absolute atomic E-state index is 11.7. The number of nitrogens with one attached hydrogen (secondary N) is 2. The fraction of sp³-hybridized carbons (Fsp3) is 0.0833. The van der Waals surface area contributed by atoms with Gasteiger partial charge in [-0.1, -0.05) is 0 Å². The highest BCUT2D eigenvalue weighted by molar-refractivity contribution is 5.82. The van der Waals surface area contributed by atoms with Crippen LogP contribution in [0, 0.1) is 0 Å². The maximum atomic E-state index is 11.7. The first-order valence-corrected chi connectivity index (χ1v) is 5.32. The van der Waals surface area contributed by atoms with E-state index in [1.54, 1.807) is 23.7 Å². The van der Waals surface area contributed by atoms with Crippen molar-refractivity contribution in [3.8, 4) is 11.3 Å². The van der Waals surface area contributed by atoms with Gasteiger partial charge in [0.15, 0.2) is 5.43 Å². The van der Waals surface area contributed by atoms with Gasteiger partial charge in [0.25, 0.3) is 5.56 Å². The fourth-order valence-electron chi connectivity index (χ4n) is 2.09. The number of nitrogens with zero attached hydrogens (tertiary/aromatic N) is 1. The number of rotatable bonds is 0. The van der Waals surface area contributed by atoms with Crippen LogP contribution in [0.3, 0.4) is 0 Å². The molecule has 2 N–H and O–H groups in total. The molecule has 0 saturated carbocycles. The number of hydrogen-bond acceptors (Lipinski definition) is 3. The summed E-state index contributed by atoms with van der Waals surface area (Å²) in [7, 11) is 1.69. The van der Waals surface area contributed by atoms with Gasteiger partial charge >= 0.3 is 5.69 Å². The van der Waals surface area contributed by atoms with Crippen molar-refractivity contribution in [1.82, 2.24) is 14.5 Å². The van der Waals surface area contributed by atoms with Crippen molar-refractivity contribution in [3.05, 3.63) is 55.3 Å². The third-order valence-corrected chi connectivity index (χ3v) is 2.96. The average Bonchev–Trinajstić information content (AvgIpc) is 2.32. The van der Waals surface area contributed by atoms with Crippen LogP contribution in [-0.4, -0.2) is 14.5 Å². The highest BCUT2D eigenvalue weighted by Gasteiger charge is 2.11. The van der Waals surface area contributed by atoms with Crippen LogP contribution >= 0.6 is 0 Å². The van der Waals surface area contributed by atoms with Gasteiger partial charge in [0.1, 0.15) is 5.65 Å². The molecule has 0 saturated heterocycles. The molecule has 6 heteroatoms. The second kappa shape index (κ2) is 3.43. The zero-order valence-corrected chi connectivity index (χ0v) is 9.48. The Morgan fingerprint density at radius 2 is 1.83 bits per heavy atom. The third-order valence-electron chi connectivity index (χ3n) is 2.96. The molecule has 2 heterocycles. The molecular formula is C12H9N3O3. The number of fused-ring (bicyclic) bond motifs is 2. The molecule has 0 aromatic carbocycles. The Morgan fingerprint density at radius 1 is 1.06 bits per heavy atom. The molecule has 3 rings (SSSR count). The van der Waals surface area contributed by atoms with Gasteiger partial charge in [-0.2, -0.15) is 0 Å². The smallest absolute Gasteiger partial charge is 0.327 e. The van der Waals surface area contributed by atoms with E-state index in [2.05, 4.69) is 9.97 Å². The summed E-state index contributed by atoms with van der Waals surface area (Å²) in [5, 5.41) is 0.378. The van der Waals surface area contributed by atoms with Crippen molar-refractivity contribution < 1.29 is 0 Å². The number of H-pyrrole nitrogens is 2. The Morgan fingerprint density at radius 3 is 2.61 bits per heavy atom. The standard InChI is InChI=1S/C12H9N3O3/c1-15-9-5-7(16)3-2-6(9)4-8-10(15)13-12(18)14-11(8)17/h2-5H,1H3,(H2,13,14,17,18). The van der Waals surface area contributed by atoms with Gasteiger partial charge in [-0.3, -0.25) is 19.6 Å². The van der Waals surface area contributed by atoms with E-state index < -0.39 is 11.2 Å². The Labute approximate surface area is 99.9 Å². The summed E-state index contributed by atoms with van der Waals surface area (Å²) in [5.41, 5.74) is 0.683. The molecule has 0 radical (unpaired) electrons. The third kappa shape index (κ3) is 1.39. The Kier molecular flexibility index (Phi) is 2.00. The topological polar surface area (TPSA) is 87.7 Å². The van der Waals surface area contributed by atoms with Crippen molar-refractivity contribution in [3.63, 3.8) is 0 Å². The SMILES string of the molecule is Cn1c2cc(=O)ccc-2cc2c(=O)[nH]c(=O)[nH]c21. The lowest BCUT2D eigenvalue weighted by Gasteiger charge is -2.13. The van der Waals surface area contributed by atoms with Crippen LogP contribution in [-0.2, 0) is 7.05 Å². The molecular weight excluding hydrogens is 234 g/mol. The Balaban J connectivity index is 2.66. The zero-order chi connectivity index (χ0) is 12.9. The molecule has 6 nitrogen and oxygen atoms in total. The van der Waals surface area contributed by atoms with Gasteiger partial charge in [-0.05, 0) is 23.8 Å². The van der Waals surface area contributed by atoms with Crippen LogP contribution in [0.25, 0.3) is 22.3 Å². The molecule has 0 fully saturated rings. The number of benzene rings is 1. The molecule has 0 spiro atoms. The number of aryl methyl sites for hydroxylation is 1. The lowest BCUT2D eigenvalue weighted by atomic mass is 10.1. The quantitative estimate of drug-likeness (QED) is 0.545. The summed E-state index contributed by atoms with van der Waals surface area (Å²) >= 11 is 0. The molecule has 0 amide bonds. The first-order valence-electron chi connectivity index (χ1n) is 5.32. The molecule has 90 valence electrons. The van der Waals surface area contributed by atoms with Crippen molar-refractivity contribution in [2.75, 3.05) is 0 Å². The summed E-state index contributed by atoms with van der Waals surface area (Å²) in [4.78, 5) is 39.1. The van der Waals surface area contributed by atoms with Gasteiger partial charge in [-0.25, -0.2) is 4.79 Å². The first-order chi connectivity index (χ1) is 8.56. The highest BCUT2D eigenvalue weighted by Crippen LogP contribution is 2.22. The van der Waals surface area contributed by atoms with Crippen LogP contribution in [0.5, 0.6) is 0 Å². The van der Waals surface area contributed by atoms with Crippen LogP contribution in [0.2, 0.25) is 0 Å². The summed E-state index contributed by atoms with van der Waals surface area (Å²) in [5.74, 6) is 0. The molecule has 0 unspecified atom stereocenters. The van der Waals surface area contributed by atoms with E-state index in [-0.39, 0.29) is 5.43 Å². The molecule has 1 aromatic rings. The summed E-state index contributed by atoms with van der Waals surface area (Å²) in [6.07, 6.45) is 0. The number of hydrogen-bond donors (Lipinski definition) is 2. The minimum Gasteiger partial charge on any atom is -0.330 e. The van der Waals surface area contributed by atoms with E-state index in [0.717, 1.165) is 5.56 Å². The van der Waals surface area contributed by atoms with Crippen molar-refractivity contribution >= 4 is 11.0 Å². The van der Waals surface area contributed by atoms with E-state index >= 15 is 0 Å². The van der Waals surface area contributed by atoms with Crippen LogP contribution < -0.4 is 16.7 Å². The van der Waals surface area contributed by atoms with E-state index in [0.29, 0.717) is 16.7 Å². The number of aromatic amines is 2. The van der Waals surface area contributed by atoms with Gasteiger partial charge in [0.05, 0.1) is 11.1 Å². The molecule has 18 heavy (non-hydrogen) atoms. The Hall–Kier alpha value is -2.63. The predicted molar refractivity (Wildman–Crippen MR) is 67.1 cm³/mol. The highest BCUT2D eigenvalue weighted by atomic mass is 16.2. The van der Waals surface area contributed by atoms with Crippen molar-refractivity contribution in [1.29, 1.82) is 0 Å². The molecule has 0 bridgehead atoms. The second-order valence-corrected chi connectivity index (χ2v) is 4.09. The monoisotopic (exact) mass is 243 g/mol. The first kappa shape index (κ1) is 10.5. The van der Waals surface area contributed by atoms with Crippen LogP contribution in [0.15, 0.2) is 38.6 Å². The lowest BCUT2D eigenvalue weighted by molar-refractivity contribution is 0.916. The molecule has 1 aromatic heterocycles. The fourth-order valence-corrected chi connectivity index (χ4v) is 2.09. The molecule has 1 aliphatic heterocycles. The van der Waals surface area contributed by atoms with E-state index in [1.807, 2.05) is 0 Å². The minimum atomic E-state index is -0.569. The predicted octanol–water partition coefficient (Wildman–Crippen LogP) is 0.0199. The van der Waals surface area contributed by atoms with Crippen molar-refractivity contribution in [2.45, 2.75) is 0 Å². The minimum absolute atomic E-state index is 0.121. The van der Waals surface area contributed by atoms with Gasteiger partial charge in [0.2, 0.25) is 0 Å². The normalized spacial score (nSPS) is 11.2. The zero-order valence-electron chi connectivity index (χ0n) is 9.48. The number of aromatic nitrogens is 3. The molecule has 0 atom stereocenters. The van der Waals surface area contributed by atoms with Crippen LogP contribution in [0.4, 0.5) is 0 Å². The van der Waals surface area contributed by atoms with Gasteiger partial charge in [0, 0.05) is 13.1 Å². The summed E-state index contributed by atoms with van der Waals surface area (Å²) < 4.78 is 1.63. The Bertz CT molecular complexity index is 901.